The molecule has 0 spiro atoms. The lowest BCUT2D eigenvalue weighted by atomic mass is 10.0. The summed E-state index contributed by atoms with van der Waals surface area (Å²) in [6, 6.07) is 31.7. The normalized spacial score (nSPS) is 11.9. The third-order valence-corrected chi connectivity index (χ3v) is 9.29. The molecule has 0 bridgehead atoms. The van der Waals surface area contributed by atoms with Crippen LogP contribution in [-0.4, -0.2) is 44.3 Å². The van der Waals surface area contributed by atoms with Crippen LogP contribution in [0, 0.1) is 13.8 Å². The highest BCUT2D eigenvalue weighted by molar-refractivity contribution is 7.92. The average molecular weight is 612 g/mol. The number of para-hydroxylation sites is 1. The molecule has 230 valence electrons. The van der Waals surface area contributed by atoms with Gasteiger partial charge in [0.25, 0.3) is 10.0 Å². The molecule has 2 amide bonds. The molecular weight excluding hydrogens is 570 g/mol. The Hall–Kier alpha value is -4.43. The number of anilines is 1. The molecular formula is C36H41N3O4S. The second-order valence-corrected chi connectivity index (χ2v) is 12.9. The van der Waals surface area contributed by atoms with Crippen LogP contribution in [0.3, 0.4) is 0 Å². The Morgan fingerprint density at radius 3 is 1.91 bits per heavy atom. The van der Waals surface area contributed by atoms with Gasteiger partial charge in [0.2, 0.25) is 11.8 Å². The quantitative estimate of drug-likeness (QED) is 0.176. The molecule has 4 rings (SSSR count). The van der Waals surface area contributed by atoms with Gasteiger partial charge in [0.05, 0.1) is 10.6 Å². The van der Waals surface area contributed by atoms with Crippen molar-refractivity contribution in [3.8, 4) is 0 Å². The van der Waals surface area contributed by atoms with Gasteiger partial charge in [0.15, 0.2) is 0 Å². The summed E-state index contributed by atoms with van der Waals surface area (Å²) in [5, 5.41) is 3.02. The standard InChI is InChI=1S/C36H41N3O4S/c1-4-5-24-37-36(41)34(25-30-12-8-6-9-13-30)38(26-31-20-16-28(2)17-21-31)35(40)27-39(32-14-10-7-11-15-32)44(42,43)33-22-18-29(3)19-23-33/h6-23,34H,4-5,24-27H2,1-3H3,(H,37,41). The summed E-state index contributed by atoms with van der Waals surface area (Å²) in [5.74, 6) is -0.743. The van der Waals surface area contributed by atoms with Crippen LogP contribution in [0.5, 0.6) is 0 Å². The number of carbonyl (C=O) groups is 2. The molecule has 0 saturated carbocycles. The van der Waals surface area contributed by atoms with Crippen molar-refractivity contribution in [3.05, 3.63) is 131 Å². The number of hydrogen-bond donors (Lipinski definition) is 1. The molecule has 8 heteroatoms. The van der Waals surface area contributed by atoms with Gasteiger partial charge in [-0.05, 0) is 55.7 Å². The first-order valence-corrected chi connectivity index (χ1v) is 16.4. The summed E-state index contributed by atoms with van der Waals surface area (Å²) in [4.78, 5) is 29.8. The third kappa shape index (κ3) is 8.57. The second kappa shape index (κ2) is 15.3. The first-order valence-electron chi connectivity index (χ1n) is 15.0. The Labute approximate surface area is 261 Å². The zero-order valence-corrected chi connectivity index (χ0v) is 26.5. The lowest BCUT2D eigenvalue weighted by Crippen LogP contribution is -2.53. The molecule has 0 aromatic heterocycles. The molecule has 1 N–H and O–H groups in total. The number of unbranched alkanes of at least 4 members (excludes halogenated alkanes) is 1. The van der Waals surface area contributed by atoms with Crippen molar-refractivity contribution < 1.29 is 18.0 Å². The molecule has 0 radical (unpaired) electrons. The third-order valence-electron chi connectivity index (χ3n) is 7.51. The van der Waals surface area contributed by atoms with Gasteiger partial charge in [0, 0.05) is 19.5 Å². The maximum atomic E-state index is 14.4. The van der Waals surface area contributed by atoms with Crippen molar-refractivity contribution in [1.82, 2.24) is 10.2 Å². The van der Waals surface area contributed by atoms with Crippen molar-refractivity contribution in [1.29, 1.82) is 0 Å². The molecule has 1 unspecified atom stereocenters. The fraction of sp³-hybridized carbons (Fsp3) is 0.278. The number of nitrogens with one attached hydrogen (secondary N) is 1. The Morgan fingerprint density at radius 2 is 1.32 bits per heavy atom. The molecule has 0 fully saturated rings. The fourth-order valence-electron chi connectivity index (χ4n) is 4.91. The zero-order valence-electron chi connectivity index (χ0n) is 25.6. The zero-order chi connectivity index (χ0) is 31.5. The number of aryl methyl sites for hydroxylation is 2. The largest absolute Gasteiger partial charge is 0.354 e. The van der Waals surface area contributed by atoms with E-state index in [0.717, 1.165) is 39.4 Å². The van der Waals surface area contributed by atoms with E-state index >= 15 is 0 Å². The predicted molar refractivity (Wildman–Crippen MR) is 176 cm³/mol. The summed E-state index contributed by atoms with van der Waals surface area (Å²) < 4.78 is 29.2. The summed E-state index contributed by atoms with van der Waals surface area (Å²) >= 11 is 0. The average Bonchev–Trinajstić information content (AvgIpc) is 3.03. The van der Waals surface area contributed by atoms with Gasteiger partial charge >= 0.3 is 0 Å². The molecule has 0 saturated heterocycles. The minimum atomic E-state index is -4.12. The Bertz CT molecular complexity index is 1610. The monoisotopic (exact) mass is 611 g/mol. The molecule has 1 atom stereocenters. The van der Waals surface area contributed by atoms with Gasteiger partial charge in [-0.25, -0.2) is 8.42 Å². The molecule has 0 aliphatic rings. The van der Waals surface area contributed by atoms with Crippen LogP contribution in [0.4, 0.5) is 5.69 Å². The van der Waals surface area contributed by atoms with Gasteiger partial charge in [-0.3, -0.25) is 13.9 Å². The van der Waals surface area contributed by atoms with E-state index in [2.05, 4.69) is 5.32 Å². The fourth-order valence-corrected chi connectivity index (χ4v) is 6.32. The van der Waals surface area contributed by atoms with E-state index in [4.69, 9.17) is 0 Å². The van der Waals surface area contributed by atoms with Crippen molar-refractivity contribution in [2.24, 2.45) is 0 Å². The number of nitrogens with zero attached hydrogens (tertiary/aromatic N) is 2. The van der Waals surface area contributed by atoms with Crippen LogP contribution in [-0.2, 0) is 32.6 Å². The lowest BCUT2D eigenvalue weighted by molar-refractivity contribution is -0.140. The van der Waals surface area contributed by atoms with E-state index in [9.17, 15) is 18.0 Å². The van der Waals surface area contributed by atoms with Crippen LogP contribution >= 0.6 is 0 Å². The lowest BCUT2D eigenvalue weighted by Gasteiger charge is -2.34. The highest BCUT2D eigenvalue weighted by Gasteiger charge is 2.34. The Kier molecular flexibility index (Phi) is 11.3. The molecule has 7 nitrogen and oxygen atoms in total. The number of hydrogen-bond acceptors (Lipinski definition) is 4. The maximum Gasteiger partial charge on any atom is 0.264 e. The van der Waals surface area contributed by atoms with Crippen LogP contribution in [0.15, 0.2) is 114 Å². The van der Waals surface area contributed by atoms with Gasteiger partial charge in [-0.15, -0.1) is 0 Å². The molecule has 0 aliphatic heterocycles. The number of carbonyl (C=O) groups excluding carboxylic acids is 2. The minimum Gasteiger partial charge on any atom is -0.354 e. The first-order chi connectivity index (χ1) is 21.2. The summed E-state index contributed by atoms with van der Waals surface area (Å²) in [5.41, 5.74) is 4.11. The summed E-state index contributed by atoms with van der Waals surface area (Å²) in [6.45, 7) is 6.08. The van der Waals surface area contributed by atoms with Gasteiger partial charge < -0.3 is 10.2 Å². The van der Waals surface area contributed by atoms with E-state index in [1.54, 1.807) is 54.6 Å². The van der Waals surface area contributed by atoms with Crippen LogP contribution in [0.1, 0.15) is 42.0 Å². The predicted octanol–water partition coefficient (Wildman–Crippen LogP) is 6.06. The van der Waals surface area contributed by atoms with Gasteiger partial charge in [-0.2, -0.15) is 0 Å². The van der Waals surface area contributed by atoms with Gasteiger partial charge in [0.1, 0.15) is 12.6 Å². The van der Waals surface area contributed by atoms with Crippen molar-refractivity contribution in [3.63, 3.8) is 0 Å². The van der Waals surface area contributed by atoms with Crippen molar-refractivity contribution in [2.75, 3.05) is 17.4 Å². The number of sulfonamides is 1. The summed E-state index contributed by atoms with van der Waals surface area (Å²) in [6.07, 6.45) is 2.01. The van der Waals surface area contributed by atoms with Gasteiger partial charge in [-0.1, -0.05) is 109 Å². The van der Waals surface area contributed by atoms with Crippen LogP contribution < -0.4 is 9.62 Å². The number of amides is 2. The van der Waals surface area contributed by atoms with E-state index in [1.807, 2.05) is 75.4 Å². The Morgan fingerprint density at radius 1 is 0.750 bits per heavy atom. The molecule has 0 aliphatic carbocycles. The Balaban J connectivity index is 1.76. The van der Waals surface area contributed by atoms with E-state index in [-0.39, 0.29) is 23.8 Å². The second-order valence-electron chi connectivity index (χ2n) is 11.0. The first kappa shape index (κ1) is 32.5. The van der Waals surface area contributed by atoms with E-state index in [1.165, 1.54) is 4.90 Å². The smallest absolute Gasteiger partial charge is 0.264 e. The van der Waals surface area contributed by atoms with Crippen LogP contribution in [0.2, 0.25) is 0 Å². The van der Waals surface area contributed by atoms with E-state index < -0.39 is 28.5 Å². The van der Waals surface area contributed by atoms with Crippen molar-refractivity contribution >= 4 is 27.5 Å². The maximum absolute atomic E-state index is 14.4. The molecule has 44 heavy (non-hydrogen) atoms. The highest BCUT2D eigenvalue weighted by atomic mass is 32.2. The summed E-state index contributed by atoms with van der Waals surface area (Å²) in [7, 11) is -4.12. The molecule has 4 aromatic rings. The minimum absolute atomic E-state index is 0.0861. The SMILES string of the molecule is CCCCNC(=O)C(Cc1ccccc1)N(Cc1ccc(C)cc1)C(=O)CN(c1ccccc1)S(=O)(=O)c1ccc(C)cc1. The molecule has 4 aromatic carbocycles. The van der Waals surface area contributed by atoms with Crippen LogP contribution in [0.25, 0.3) is 0 Å². The molecule has 0 heterocycles. The highest BCUT2D eigenvalue weighted by Crippen LogP contribution is 2.25. The van der Waals surface area contributed by atoms with Crippen molar-refractivity contribution in [2.45, 2.75) is 57.5 Å². The number of rotatable bonds is 14. The van der Waals surface area contributed by atoms with E-state index in [0.29, 0.717) is 12.2 Å². The topological polar surface area (TPSA) is 86.8 Å². The number of benzene rings is 4.